The van der Waals surface area contributed by atoms with Crippen LogP contribution in [0.1, 0.15) is 31.5 Å². The minimum Gasteiger partial charge on any atom is -0.356 e. The Morgan fingerprint density at radius 2 is 2.35 bits per heavy atom. The third-order valence-electron chi connectivity index (χ3n) is 3.87. The van der Waals surface area contributed by atoms with E-state index >= 15 is 0 Å². The smallest absolute Gasteiger partial charge is 0.225 e. The monoisotopic (exact) mass is 277 g/mol. The van der Waals surface area contributed by atoms with Crippen LogP contribution in [-0.2, 0) is 16.0 Å². The summed E-state index contributed by atoms with van der Waals surface area (Å²) in [6, 6.07) is 0.409. The van der Waals surface area contributed by atoms with Crippen molar-refractivity contribution < 1.29 is 9.59 Å². The summed E-state index contributed by atoms with van der Waals surface area (Å²) in [5.41, 5.74) is 0. The first-order valence-corrected chi connectivity index (χ1v) is 7.15. The molecule has 0 spiro atoms. The van der Waals surface area contributed by atoms with Gasteiger partial charge < -0.3 is 10.2 Å². The number of hydrogen-bond acceptors (Lipinski definition) is 4. The molecule has 0 radical (unpaired) electrons. The molecule has 1 atom stereocenters. The zero-order valence-electron chi connectivity index (χ0n) is 11.3. The lowest BCUT2D eigenvalue weighted by Gasteiger charge is -2.15. The van der Waals surface area contributed by atoms with E-state index in [1.807, 2.05) is 4.90 Å². The Bertz CT molecular complexity index is 483. The molecule has 2 heterocycles. The molecule has 7 heteroatoms. The van der Waals surface area contributed by atoms with Gasteiger partial charge in [-0.1, -0.05) is 0 Å². The van der Waals surface area contributed by atoms with E-state index in [9.17, 15) is 9.59 Å². The summed E-state index contributed by atoms with van der Waals surface area (Å²) < 4.78 is 0. The highest BCUT2D eigenvalue weighted by molar-refractivity contribution is 5.89. The molecule has 1 unspecified atom stereocenters. The number of nitrogens with one attached hydrogen (secondary N) is 2. The van der Waals surface area contributed by atoms with Crippen molar-refractivity contribution in [3.05, 3.63) is 12.2 Å². The molecular weight excluding hydrogens is 258 g/mol. The van der Waals surface area contributed by atoms with Gasteiger partial charge in [0.25, 0.3) is 0 Å². The van der Waals surface area contributed by atoms with E-state index < -0.39 is 0 Å². The van der Waals surface area contributed by atoms with E-state index in [0.717, 1.165) is 31.5 Å². The van der Waals surface area contributed by atoms with E-state index in [1.54, 1.807) is 0 Å². The van der Waals surface area contributed by atoms with Crippen molar-refractivity contribution in [3.63, 3.8) is 0 Å². The van der Waals surface area contributed by atoms with Crippen LogP contribution >= 0.6 is 0 Å². The molecule has 2 fully saturated rings. The quantitative estimate of drug-likeness (QED) is 0.708. The summed E-state index contributed by atoms with van der Waals surface area (Å²) in [5, 5.41) is 9.47. The zero-order valence-corrected chi connectivity index (χ0v) is 11.3. The number of aromatic amines is 1. The SMILES string of the molecule is O=C(NCCCc1ncn[nH]1)C1CC(=O)N(C2CC2)C1. The molecule has 2 N–H and O–H groups in total. The van der Waals surface area contributed by atoms with Crippen LogP contribution in [0.25, 0.3) is 0 Å². The molecule has 1 aliphatic carbocycles. The largest absolute Gasteiger partial charge is 0.356 e. The lowest BCUT2D eigenvalue weighted by molar-refractivity contribution is -0.129. The average Bonchev–Trinajstić information content (AvgIpc) is 2.99. The van der Waals surface area contributed by atoms with Gasteiger partial charge >= 0.3 is 0 Å². The number of likely N-dealkylation sites (tertiary alicyclic amines) is 1. The van der Waals surface area contributed by atoms with Gasteiger partial charge in [-0.15, -0.1) is 0 Å². The number of rotatable bonds is 6. The molecule has 108 valence electrons. The molecule has 7 nitrogen and oxygen atoms in total. The van der Waals surface area contributed by atoms with Crippen LogP contribution in [0.5, 0.6) is 0 Å². The summed E-state index contributed by atoms with van der Waals surface area (Å²) in [6.07, 6.45) is 5.61. The molecule has 1 aromatic heterocycles. The summed E-state index contributed by atoms with van der Waals surface area (Å²) in [4.78, 5) is 29.7. The molecule has 1 saturated carbocycles. The number of carbonyl (C=O) groups is 2. The Morgan fingerprint density at radius 3 is 3.05 bits per heavy atom. The van der Waals surface area contributed by atoms with Crippen molar-refractivity contribution in [1.29, 1.82) is 0 Å². The van der Waals surface area contributed by atoms with Crippen LogP contribution in [-0.4, -0.2) is 51.0 Å². The van der Waals surface area contributed by atoms with Gasteiger partial charge in [0.2, 0.25) is 11.8 Å². The second-order valence-corrected chi connectivity index (χ2v) is 5.51. The first-order chi connectivity index (χ1) is 9.74. The summed E-state index contributed by atoms with van der Waals surface area (Å²) in [5.74, 6) is 0.789. The third-order valence-corrected chi connectivity index (χ3v) is 3.87. The van der Waals surface area contributed by atoms with Crippen LogP contribution in [0.15, 0.2) is 6.33 Å². The summed E-state index contributed by atoms with van der Waals surface area (Å²) in [6.45, 7) is 1.20. The lowest BCUT2D eigenvalue weighted by atomic mass is 10.1. The Balaban J connectivity index is 1.37. The number of hydrogen-bond donors (Lipinski definition) is 2. The third kappa shape index (κ3) is 2.97. The van der Waals surface area contributed by atoms with Crippen molar-refractivity contribution in [2.24, 2.45) is 5.92 Å². The number of H-pyrrole nitrogens is 1. The van der Waals surface area contributed by atoms with Crippen molar-refractivity contribution in [2.45, 2.75) is 38.1 Å². The molecule has 2 amide bonds. The number of aryl methyl sites for hydroxylation is 1. The fourth-order valence-electron chi connectivity index (χ4n) is 2.61. The number of amides is 2. The highest BCUT2D eigenvalue weighted by Gasteiger charge is 2.41. The van der Waals surface area contributed by atoms with Crippen molar-refractivity contribution in [2.75, 3.05) is 13.1 Å². The highest BCUT2D eigenvalue weighted by atomic mass is 16.2. The lowest BCUT2D eigenvalue weighted by Crippen LogP contribution is -2.34. The van der Waals surface area contributed by atoms with Gasteiger partial charge in [0.05, 0.1) is 5.92 Å². The van der Waals surface area contributed by atoms with Gasteiger partial charge in [-0.05, 0) is 19.3 Å². The van der Waals surface area contributed by atoms with Crippen LogP contribution in [0, 0.1) is 5.92 Å². The number of aromatic nitrogens is 3. The molecule has 0 bridgehead atoms. The second kappa shape index (κ2) is 5.60. The van der Waals surface area contributed by atoms with Crippen LogP contribution in [0.4, 0.5) is 0 Å². The fraction of sp³-hybridized carbons (Fsp3) is 0.692. The number of nitrogens with zero attached hydrogens (tertiary/aromatic N) is 3. The Labute approximate surface area is 117 Å². The van der Waals surface area contributed by atoms with E-state index in [2.05, 4.69) is 20.5 Å². The van der Waals surface area contributed by atoms with Gasteiger partial charge in [0.15, 0.2) is 0 Å². The molecule has 20 heavy (non-hydrogen) atoms. The van der Waals surface area contributed by atoms with Gasteiger partial charge in [-0.2, -0.15) is 5.10 Å². The second-order valence-electron chi connectivity index (χ2n) is 5.51. The van der Waals surface area contributed by atoms with E-state index in [1.165, 1.54) is 6.33 Å². The maximum atomic E-state index is 12.0. The molecule has 2 aliphatic rings. The maximum absolute atomic E-state index is 12.0. The number of carbonyl (C=O) groups excluding carboxylic acids is 2. The minimum absolute atomic E-state index is 0.000861. The van der Waals surface area contributed by atoms with Crippen LogP contribution in [0.2, 0.25) is 0 Å². The van der Waals surface area contributed by atoms with E-state index in [-0.39, 0.29) is 17.7 Å². The van der Waals surface area contributed by atoms with Gasteiger partial charge in [0.1, 0.15) is 12.2 Å². The molecule has 1 aliphatic heterocycles. The first-order valence-electron chi connectivity index (χ1n) is 7.15. The van der Waals surface area contributed by atoms with Crippen LogP contribution in [0.3, 0.4) is 0 Å². The van der Waals surface area contributed by atoms with Crippen molar-refractivity contribution in [3.8, 4) is 0 Å². The average molecular weight is 277 g/mol. The van der Waals surface area contributed by atoms with Crippen molar-refractivity contribution in [1.82, 2.24) is 25.4 Å². The standard InChI is InChI=1S/C13H19N5O2/c19-12-6-9(7-18(12)10-3-4-10)13(20)14-5-1-2-11-15-8-16-17-11/h8-10H,1-7H2,(H,14,20)(H,15,16,17). The molecule has 0 aromatic carbocycles. The molecule has 1 saturated heterocycles. The topological polar surface area (TPSA) is 91.0 Å². The Morgan fingerprint density at radius 1 is 1.50 bits per heavy atom. The van der Waals surface area contributed by atoms with E-state index in [0.29, 0.717) is 25.6 Å². The first kappa shape index (κ1) is 13.1. The van der Waals surface area contributed by atoms with Crippen LogP contribution < -0.4 is 5.32 Å². The van der Waals surface area contributed by atoms with Gasteiger partial charge in [0, 0.05) is 32.0 Å². The van der Waals surface area contributed by atoms with E-state index in [4.69, 9.17) is 0 Å². The van der Waals surface area contributed by atoms with Crippen molar-refractivity contribution >= 4 is 11.8 Å². The molecule has 1 aromatic rings. The van der Waals surface area contributed by atoms with Gasteiger partial charge in [-0.25, -0.2) is 4.98 Å². The fourth-order valence-corrected chi connectivity index (χ4v) is 2.61. The van der Waals surface area contributed by atoms with Gasteiger partial charge in [-0.3, -0.25) is 14.7 Å². The normalized spacial score (nSPS) is 22.3. The minimum atomic E-state index is -0.173. The Kier molecular flexibility index (Phi) is 3.66. The molecular formula is C13H19N5O2. The predicted octanol–water partition coefficient (Wildman–Crippen LogP) is -0.136. The Hall–Kier alpha value is -1.92. The summed E-state index contributed by atoms with van der Waals surface area (Å²) in [7, 11) is 0. The molecule has 3 rings (SSSR count). The zero-order chi connectivity index (χ0) is 13.9. The highest BCUT2D eigenvalue weighted by Crippen LogP contribution is 2.32. The summed E-state index contributed by atoms with van der Waals surface area (Å²) >= 11 is 0. The maximum Gasteiger partial charge on any atom is 0.225 e. The predicted molar refractivity (Wildman–Crippen MR) is 70.6 cm³/mol.